The van der Waals surface area contributed by atoms with Crippen molar-refractivity contribution in [3.8, 4) is 11.5 Å². The van der Waals surface area contributed by atoms with Gasteiger partial charge in [0, 0.05) is 25.0 Å². The van der Waals surface area contributed by atoms with Crippen LogP contribution < -0.4 is 5.32 Å². The first-order valence-electron chi connectivity index (χ1n) is 7.00. The Morgan fingerprint density at radius 1 is 1.36 bits per heavy atom. The van der Waals surface area contributed by atoms with Gasteiger partial charge in [0.05, 0.1) is 23.3 Å². The maximum atomic E-state index is 5.47. The van der Waals surface area contributed by atoms with E-state index in [2.05, 4.69) is 37.6 Å². The van der Waals surface area contributed by atoms with Crippen LogP contribution >= 0.6 is 12.4 Å². The predicted molar refractivity (Wildman–Crippen MR) is 84.9 cm³/mol. The first-order valence-corrected chi connectivity index (χ1v) is 7.00. The lowest BCUT2D eigenvalue weighted by atomic mass is 10.1. The Bertz CT molecular complexity index is 769. The molecule has 1 fully saturated rings. The van der Waals surface area contributed by atoms with Gasteiger partial charge >= 0.3 is 0 Å². The minimum absolute atomic E-state index is 0. The van der Waals surface area contributed by atoms with Crippen LogP contribution in [0.15, 0.2) is 28.9 Å². The van der Waals surface area contributed by atoms with E-state index in [0.717, 1.165) is 41.9 Å². The van der Waals surface area contributed by atoms with Crippen molar-refractivity contribution in [2.24, 2.45) is 0 Å². The third kappa shape index (κ3) is 2.47. The summed E-state index contributed by atoms with van der Waals surface area (Å²) in [6.07, 6.45) is 1.79. The Morgan fingerprint density at radius 3 is 3.14 bits per heavy atom. The van der Waals surface area contributed by atoms with Gasteiger partial charge in [-0.3, -0.25) is 10.00 Å². The molecule has 0 amide bonds. The Morgan fingerprint density at radius 2 is 2.27 bits per heavy atom. The highest BCUT2D eigenvalue weighted by molar-refractivity contribution is 5.90. The lowest BCUT2D eigenvalue weighted by Crippen LogP contribution is -2.44. The molecule has 1 aromatic carbocycles. The molecule has 0 aliphatic carbocycles. The Kier molecular flexibility index (Phi) is 4.10. The Labute approximate surface area is 133 Å². The van der Waals surface area contributed by atoms with Crippen molar-refractivity contribution < 1.29 is 4.52 Å². The van der Waals surface area contributed by atoms with Crippen molar-refractivity contribution in [1.29, 1.82) is 0 Å². The topological polar surface area (TPSA) is 82.9 Å². The molecule has 0 saturated carbocycles. The molecule has 0 bridgehead atoms. The summed E-state index contributed by atoms with van der Waals surface area (Å²) in [6, 6.07) is 6.07. The largest absolute Gasteiger partial charge is 0.334 e. The number of likely N-dealkylation sites (N-methyl/N-ethyl adjacent to an activating group) is 1. The molecule has 2 N–H and O–H groups in total. The van der Waals surface area contributed by atoms with Crippen molar-refractivity contribution in [3.05, 3.63) is 30.2 Å². The van der Waals surface area contributed by atoms with Crippen LogP contribution in [-0.4, -0.2) is 51.9 Å². The highest BCUT2D eigenvalue weighted by Crippen LogP contribution is 2.27. The van der Waals surface area contributed by atoms with Gasteiger partial charge in [0.25, 0.3) is 5.89 Å². The molecule has 22 heavy (non-hydrogen) atoms. The highest BCUT2D eigenvalue weighted by atomic mass is 35.5. The standard InChI is InChI=1S/C14H16N6O.ClH/c1-20-6-5-15-8-11(20)13-17-14(21-19-13)10-4-2-3-9-7-16-18-12(9)10;/h2-4,7,11,15H,5-6,8H2,1H3,(H,16,18);1H. The average Bonchev–Trinajstić information content (AvgIpc) is 3.16. The number of hydrogen-bond acceptors (Lipinski definition) is 6. The fraction of sp³-hybridized carbons (Fsp3) is 0.357. The van der Waals surface area contributed by atoms with Gasteiger partial charge in [0.1, 0.15) is 0 Å². The fourth-order valence-electron chi connectivity index (χ4n) is 2.72. The number of halogens is 1. The number of aromatic amines is 1. The summed E-state index contributed by atoms with van der Waals surface area (Å²) in [6.45, 7) is 2.81. The van der Waals surface area contributed by atoms with Crippen LogP contribution in [0.4, 0.5) is 0 Å². The normalized spacial score (nSPS) is 19.2. The van der Waals surface area contributed by atoms with Crippen LogP contribution in [0.5, 0.6) is 0 Å². The molecule has 1 aliphatic rings. The van der Waals surface area contributed by atoms with Crippen molar-refractivity contribution in [2.75, 3.05) is 26.7 Å². The predicted octanol–water partition coefficient (Wildman–Crippen LogP) is 1.61. The fourth-order valence-corrected chi connectivity index (χ4v) is 2.72. The van der Waals surface area contributed by atoms with Crippen LogP contribution in [-0.2, 0) is 0 Å². The number of piperazine rings is 1. The van der Waals surface area contributed by atoms with Crippen LogP contribution in [0.1, 0.15) is 11.9 Å². The number of benzene rings is 1. The van der Waals surface area contributed by atoms with Gasteiger partial charge in [0.15, 0.2) is 5.82 Å². The van der Waals surface area contributed by atoms with E-state index < -0.39 is 0 Å². The van der Waals surface area contributed by atoms with E-state index in [1.54, 1.807) is 6.20 Å². The van der Waals surface area contributed by atoms with Crippen LogP contribution in [0, 0.1) is 0 Å². The zero-order valence-electron chi connectivity index (χ0n) is 12.1. The molecule has 7 nitrogen and oxygen atoms in total. The second kappa shape index (κ2) is 6.04. The van der Waals surface area contributed by atoms with E-state index in [4.69, 9.17) is 4.52 Å². The molecular formula is C14H17ClN6O. The van der Waals surface area contributed by atoms with E-state index in [9.17, 15) is 0 Å². The lowest BCUT2D eigenvalue weighted by molar-refractivity contribution is 0.190. The van der Waals surface area contributed by atoms with Gasteiger partial charge in [-0.1, -0.05) is 17.3 Å². The minimum atomic E-state index is 0. The maximum absolute atomic E-state index is 5.47. The second-order valence-corrected chi connectivity index (χ2v) is 5.30. The van der Waals surface area contributed by atoms with E-state index in [0.29, 0.717) is 5.89 Å². The first kappa shape index (κ1) is 15.0. The number of aromatic nitrogens is 4. The SMILES string of the molecule is CN1CCNCC1c1noc(-c2cccc3cn[nH]c23)n1.Cl. The van der Waals surface area contributed by atoms with E-state index in [1.807, 2.05) is 18.2 Å². The van der Waals surface area contributed by atoms with Gasteiger partial charge in [-0.05, 0) is 13.1 Å². The van der Waals surface area contributed by atoms with Crippen LogP contribution in [0.25, 0.3) is 22.4 Å². The van der Waals surface area contributed by atoms with Gasteiger partial charge in [-0.15, -0.1) is 12.4 Å². The molecule has 1 atom stereocenters. The maximum Gasteiger partial charge on any atom is 0.260 e. The number of nitrogens with zero attached hydrogens (tertiary/aromatic N) is 4. The van der Waals surface area contributed by atoms with Gasteiger partial charge < -0.3 is 9.84 Å². The molecule has 0 radical (unpaired) electrons. The number of para-hydroxylation sites is 1. The lowest BCUT2D eigenvalue weighted by Gasteiger charge is -2.30. The molecule has 3 heterocycles. The number of hydrogen-bond donors (Lipinski definition) is 2. The summed E-state index contributed by atoms with van der Waals surface area (Å²) in [5.41, 5.74) is 1.80. The molecule has 2 aromatic heterocycles. The Balaban J connectivity index is 0.00000144. The Hall–Kier alpha value is -1.96. The van der Waals surface area contributed by atoms with E-state index in [-0.39, 0.29) is 18.4 Å². The number of rotatable bonds is 2. The summed E-state index contributed by atoms with van der Waals surface area (Å²) in [5.74, 6) is 1.25. The molecule has 1 unspecified atom stereocenters. The molecular weight excluding hydrogens is 304 g/mol. The van der Waals surface area contributed by atoms with Crippen molar-refractivity contribution in [2.45, 2.75) is 6.04 Å². The zero-order valence-corrected chi connectivity index (χ0v) is 12.9. The van der Waals surface area contributed by atoms with Crippen molar-refractivity contribution >= 4 is 23.3 Å². The molecule has 1 saturated heterocycles. The third-order valence-electron chi connectivity index (χ3n) is 3.96. The summed E-state index contributed by atoms with van der Waals surface area (Å²) in [4.78, 5) is 6.82. The molecule has 1 aliphatic heterocycles. The number of H-pyrrole nitrogens is 1. The highest BCUT2D eigenvalue weighted by Gasteiger charge is 2.25. The molecule has 0 spiro atoms. The summed E-state index contributed by atoms with van der Waals surface area (Å²) < 4.78 is 5.47. The third-order valence-corrected chi connectivity index (χ3v) is 3.96. The minimum Gasteiger partial charge on any atom is -0.334 e. The van der Waals surface area contributed by atoms with E-state index in [1.165, 1.54) is 0 Å². The number of fused-ring (bicyclic) bond motifs is 1. The van der Waals surface area contributed by atoms with Crippen molar-refractivity contribution in [1.82, 2.24) is 30.6 Å². The van der Waals surface area contributed by atoms with Gasteiger partial charge in [-0.2, -0.15) is 10.1 Å². The zero-order chi connectivity index (χ0) is 14.2. The first-order chi connectivity index (χ1) is 10.3. The van der Waals surface area contributed by atoms with Crippen molar-refractivity contribution in [3.63, 3.8) is 0 Å². The van der Waals surface area contributed by atoms with Crippen LogP contribution in [0.3, 0.4) is 0 Å². The molecule has 4 rings (SSSR count). The van der Waals surface area contributed by atoms with Gasteiger partial charge in [0.2, 0.25) is 0 Å². The molecule has 116 valence electrons. The van der Waals surface area contributed by atoms with Gasteiger partial charge in [-0.25, -0.2) is 0 Å². The summed E-state index contributed by atoms with van der Waals surface area (Å²) in [5, 5.41) is 15.6. The molecule has 3 aromatic rings. The quantitative estimate of drug-likeness (QED) is 0.746. The number of nitrogens with one attached hydrogen (secondary N) is 2. The summed E-state index contributed by atoms with van der Waals surface area (Å²) in [7, 11) is 2.08. The monoisotopic (exact) mass is 320 g/mol. The smallest absolute Gasteiger partial charge is 0.260 e. The second-order valence-electron chi connectivity index (χ2n) is 5.30. The average molecular weight is 321 g/mol. The van der Waals surface area contributed by atoms with Crippen LogP contribution in [0.2, 0.25) is 0 Å². The molecule has 8 heteroatoms. The summed E-state index contributed by atoms with van der Waals surface area (Å²) >= 11 is 0. The van der Waals surface area contributed by atoms with E-state index >= 15 is 0 Å².